The number of ether oxygens (including phenoxy) is 1. The number of allylic oxidation sites excluding steroid dienone is 2. The first-order valence-corrected chi connectivity index (χ1v) is 11.8. The van der Waals surface area contributed by atoms with Crippen molar-refractivity contribution in [3.63, 3.8) is 0 Å². The molecule has 1 saturated carbocycles. The second-order valence-corrected chi connectivity index (χ2v) is 9.12. The van der Waals surface area contributed by atoms with Crippen molar-refractivity contribution in [2.45, 2.75) is 76.7 Å². The largest absolute Gasteiger partial charge is 0.422 e. The molecule has 35 heavy (non-hydrogen) atoms. The molecule has 0 heterocycles. The molecule has 1 unspecified atom stereocenters. The van der Waals surface area contributed by atoms with Gasteiger partial charge in [-0.15, -0.1) is 0 Å². The van der Waals surface area contributed by atoms with E-state index in [2.05, 4.69) is 6.08 Å². The van der Waals surface area contributed by atoms with Gasteiger partial charge in [-0.3, -0.25) is 0 Å². The molecule has 0 N–H and O–H groups in total. The van der Waals surface area contributed by atoms with Gasteiger partial charge in [-0.25, -0.2) is 8.78 Å². The molecule has 1 atom stereocenters. The highest BCUT2D eigenvalue weighted by atomic mass is 19.4. The summed E-state index contributed by atoms with van der Waals surface area (Å²) in [6.07, 6.45) is 0.0162. The zero-order valence-electron chi connectivity index (χ0n) is 19.6. The lowest BCUT2D eigenvalue weighted by Gasteiger charge is -2.29. The van der Waals surface area contributed by atoms with E-state index in [1.54, 1.807) is 12.1 Å². The minimum Gasteiger partial charge on any atom is -0.309 e. The number of halogens is 7. The minimum absolute atomic E-state index is 0.300. The van der Waals surface area contributed by atoms with Crippen LogP contribution in [0.1, 0.15) is 86.6 Å². The number of hydrogen-bond acceptors (Lipinski definition) is 1. The summed E-state index contributed by atoms with van der Waals surface area (Å²) in [6.45, 7) is 3.10. The van der Waals surface area contributed by atoms with Crippen molar-refractivity contribution in [2.24, 2.45) is 5.92 Å². The lowest BCUT2D eigenvalue weighted by atomic mass is 9.77. The highest BCUT2D eigenvalue weighted by Crippen LogP contribution is 2.41. The summed E-state index contributed by atoms with van der Waals surface area (Å²) in [5, 5.41) is 0. The highest BCUT2D eigenvalue weighted by Gasteiger charge is 2.40. The van der Waals surface area contributed by atoms with Gasteiger partial charge in [-0.1, -0.05) is 36.4 Å². The van der Waals surface area contributed by atoms with Gasteiger partial charge in [0, 0.05) is 0 Å². The van der Waals surface area contributed by atoms with Crippen LogP contribution in [0.4, 0.5) is 30.7 Å². The van der Waals surface area contributed by atoms with Crippen LogP contribution in [0.15, 0.2) is 48.6 Å². The molecule has 2 aromatic rings. The van der Waals surface area contributed by atoms with Crippen LogP contribution in [-0.4, -0.2) is 0 Å². The van der Waals surface area contributed by atoms with Gasteiger partial charge in [-0.05, 0) is 87.5 Å². The van der Waals surface area contributed by atoms with Crippen molar-refractivity contribution in [3.05, 3.63) is 82.4 Å². The number of benzene rings is 2. The van der Waals surface area contributed by atoms with E-state index in [-0.39, 0.29) is 0 Å². The molecule has 1 aliphatic rings. The van der Waals surface area contributed by atoms with E-state index in [9.17, 15) is 30.7 Å². The van der Waals surface area contributed by atoms with Crippen LogP contribution >= 0.6 is 0 Å². The van der Waals surface area contributed by atoms with Crippen molar-refractivity contribution >= 4 is 0 Å². The fourth-order valence-electron chi connectivity index (χ4n) is 4.69. The molecular weight excluding hydrogens is 473 g/mol. The van der Waals surface area contributed by atoms with E-state index in [0.717, 1.165) is 51.0 Å². The Hall–Kier alpha value is -2.35. The summed E-state index contributed by atoms with van der Waals surface area (Å²) < 4.78 is 100. The molecule has 1 aliphatic carbocycles. The summed E-state index contributed by atoms with van der Waals surface area (Å²) in [7, 11) is 0. The van der Waals surface area contributed by atoms with Gasteiger partial charge in [0.25, 0.3) is 0 Å². The fourth-order valence-corrected chi connectivity index (χ4v) is 4.69. The summed E-state index contributed by atoms with van der Waals surface area (Å²) in [6, 6.07) is 6.52. The first kappa shape index (κ1) is 27.2. The number of hydrogen-bond donors (Lipinski definition) is 0. The van der Waals surface area contributed by atoms with Gasteiger partial charge >= 0.3 is 12.3 Å². The average molecular weight is 503 g/mol. The molecule has 192 valence electrons. The third kappa shape index (κ3) is 6.87. The Morgan fingerprint density at radius 2 is 1.51 bits per heavy atom. The normalized spacial score (nSPS) is 20.4. The van der Waals surface area contributed by atoms with Gasteiger partial charge in [0.1, 0.15) is 17.2 Å². The van der Waals surface area contributed by atoms with Crippen LogP contribution in [0.3, 0.4) is 0 Å². The van der Waals surface area contributed by atoms with Gasteiger partial charge in [-0.2, -0.15) is 22.0 Å². The van der Waals surface area contributed by atoms with Crippen LogP contribution < -0.4 is 0 Å². The first-order chi connectivity index (χ1) is 16.4. The van der Waals surface area contributed by atoms with E-state index in [1.807, 2.05) is 13.0 Å². The quantitative estimate of drug-likeness (QED) is 0.258. The third-order valence-corrected chi connectivity index (χ3v) is 6.68. The molecule has 0 saturated heterocycles. The molecule has 8 heteroatoms. The van der Waals surface area contributed by atoms with E-state index in [1.165, 1.54) is 12.1 Å². The second kappa shape index (κ2) is 11.1. The maximum absolute atomic E-state index is 14.7. The Labute approximate surface area is 201 Å². The van der Waals surface area contributed by atoms with Gasteiger partial charge < -0.3 is 4.74 Å². The molecule has 0 radical (unpaired) electrons. The predicted octanol–water partition coefficient (Wildman–Crippen LogP) is 9.44. The average Bonchev–Trinajstić information content (AvgIpc) is 2.78. The SMILES string of the molecule is C/C=C/CCC1CCC(c2ccc(C(F)(F)OC(C)c3cc(F)c(C(F)(F)F)c(F)c3)cc2)CC1. The third-order valence-electron chi connectivity index (χ3n) is 6.68. The highest BCUT2D eigenvalue weighted by molar-refractivity contribution is 5.30. The van der Waals surface area contributed by atoms with E-state index in [0.29, 0.717) is 24.0 Å². The van der Waals surface area contributed by atoms with Crippen molar-refractivity contribution < 1.29 is 35.5 Å². The molecule has 0 spiro atoms. The van der Waals surface area contributed by atoms with Gasteiger partial charge in [0.05, 0.1) is 11.7 Å². The molecule has 0 aromatic heterocycles. The van der Waals surface area contributed by atoms with Crippen LogP contribution in [0, 0.1) is 17.6 Å². The van der Waals surface area contributed by atoms with E-state index in [4.69, 9.17) is 4.74 Å². The molecule has 0 bridgehead atoms. The monoisotopic (exact) mass is 502 g/mol. The van der Waals surface area contributed by atoms with Gasteiger partial charge in [0.15, 0.2) is 0 Å². The Bertz CT molecular complexity index is 980. The Morgan fingerprint density at radius 3 is 2.03 bits per heavy atom. The molecular formula is C27H29F7O. The van der Waals surface area contributed by atoms with Crippen LogP contribution in [-0.2, 0) is 17.0 Å². The summed E-state index contributed by atoms with van der Waals surface area (Å²) in [5.41, 5.74) is -2.00. The van der Waals surface area contributed by atoms with Crippen molar-refractivity contribution in [3.8, 4) is 0 Å². The molecule has 0 aliphatic heterocycles. The molecule has 1 nitrogen and oxygen atoms in total. The number of alkyl halides is 5. The standard InChI is InChI=1S/C27H29F7O/c1-3-4-5-6-18-7-9-19(10-8-18)20-11-13-22(14-12-20)27(33,34)35-17(2)21-15-23(28)25(24(29)16-21)26(30,31)32/h3-4,11-19H,5-10H2,1-2H3/b4-3+. The van der Waals surface area contributed by atoms with Gasteiger partial charge in [0.2, 0.25) is 0 Å². The van der Waals surface area contributed by atoms with Crippen molar-refractivity contribution in [1.82, 2.24) is 0 Å². The minimum atomic E-state index is -5.24. The van der Waals surface area contributed by atoms with E-state index >= 15 is 0 Å². The zero-order chi connectivity index (χ0) is 25.8. The fraction of sp³-hybridized carbons (Fsp3) is 0.481. The summed E-state index contributed by atoms with van der Waals surface area (Å²) in [4.78, 5) is 0. The molecule has 3 rings (SSSR count). The van der Waals surface area contributed by atoms with Crippen LogP contribution in [0.25, 0.3) is 0 Å². The van der Waals surface area contributed by atoms with E-state index < -0.39 is 46.7 Å². The second-order valence-electron chi connectivity index (χ2n) is 9.12. The Kier molecular flexibility index (Phi) is 8.67. The first-order valence-electron chi connectivity index (χ1n) is 11.8. The number of rotatable bonds is 8. The lowest BCUT2D eigenvalue weighted by molar-refractivity contribution is -0.272. The molecule has 2 aromatic carbocycles. The zero-order valence-corrected chi connectivity index (χ0v) is 19.6. The smallest absolute Gasteiger partial charge is 0.309 e. The topological polar surface area (TPSA) is 9.23 Å². The van der Waals surface area contributed by atoms with Crippen molar-refractivity contribution in [2.75, 3.05) is 0 Å². The lowest BCUT2D eigenvalue weighted by Crippen LogP contribution is -2.21. The maximum atomic E-state index is 14.7. The Balaban J connectivity index is 1.64. The van der Waals surface area contributed by atoms with Crippen molar-refractivity contribution in [1.29, 1.82) is 0 Å². The summed E-state index contributed by atoms with van der Waals surface area (Å²) >= 11 is 0. The summed E-state index contributed by atoms with van der Waals surface area (Å²) in [5.74, 6) is -2.78. The van der Waals surface area contributed by atoms with Crippen LogP contribution in [0.2, 0.25) is 0 Å². The van der Waals surface area contributed by atoms with Crippen LogP contribution in [0.5, 0.6) is 0 Å². The maximum Gasteiger partial charge on any atom is 0.422 e. The molecule has 1 fully saturated rings. The predicted molar refractivity (Wildman–Crippen MR) is 120 cm³/mol. The molecule has 0 amide bonds. The Morgan fingerprint density at radius 1 is 0.943 bits per heavy atom.